The van der Waals surface area contributed by atoms with Crippen LogP contribution < -0.4 is 10.3 Å². The van der Waals surface area contributed by atoms with Crippen molar-refractivity contribution in [1.82, 2.24) is 0 Å². The first kappa shape index (κ1) is 10.8. The van der Waals surface area contributed by atoms with Crippen LogP contribution in [0.25, 0.3) is 11.1 Å². The van der Waals surface area contributed by atoms with E-state index in [4.69, 9.17) is 0 Å². The largest absolute Gasteiger partial charge is 0.341 e. The molecule has 0 atom stereocenters. The summed E-state index contributed by atoms with van der Waals surface area (Å²) in [5, 5.41) is 0. The van der Waals surface area contributed by atoms with Gasteiger partial charge < -0.3 is 4.90 Å². The SMILES string of the molecule is CN(c1ccccc1)c1c(-c2ccccc2)c1=O. The highest BCUT2D eigenvalue weighted by Gasteiger charge is 2.27. The molecular weight excluding hydrogens is 222 g/mol. The molecule has 0 heterocycles. The van der Waals surface area contributed by atoms with Crippen LogP contribution in [-0.2, 0) is 0 Å². The molecule has 0 aliphatic rings. The number of anilines is 2. The normalized spacial score (nSPS) is 10.7. The minimum Gasteiger partial charge on any atom is -0.341 e. The minimum absolute atomic E-state index is 0.146. The predicted molar refractivity (Wildman–Crippen MR) is 75.0 cm³/mol. The first-order chi connectivity index (χ1) is 8.79. The first-order valence-electron chi connectivity index (χ1n) is 5.92. The Morgan fingerprint density at radius 2 is 1.39 bits per heavy atom. The molecule has 88 valence electrons. The smallest absolute Gasteiger partial charge is 0.213 e. The summed E-state index contributed by atoms with van der Waals surface area (Å²) in [6.45, 7) is 0. The van der Waals surface area contributed by atoms with Crippen molar-refractivity contribution < 1.29 is 0 Å². The molecule has 18 heavy (non-hydrogen) atoms. The van der Waals surface area contributed by atoms with Gasteiger partial charge in [-0.2, -0.15) is 0 Å². The second-order valence-corrected chi connectivity index (χ2v) is 4.31. The second kappa shape index (κ2) is 4.15. The van der Waals surface area contributed by atoms with Crippen LogP contribution >= 0.6 is 0 Å². The summed E-state index contributed by atoms with van der Waals surface area (Å²) in [4.78, 5) is 13.9. The molecule has 0 aliphatic heterocycles. The molecule has 0 saturated carbocycles. The van der Waals surface area contributed by atoms with Crippen molar-refractivity contribution in [2.45, 2.75) is 0 Å². The van der Waals surface area contributed by atoms with Crippen molar-refractivity contribution in [3.05, 3.63) is 70.9 Å². The van der Waals surface area contributed by atoms with E-state index >= 15 is 0 Å². The van der Waals surface area contributed by atoms with Crippen LogP contribution in [0.5, 0.6) is 0 Å². The number of nitrogens with zero attached hydrogens (tertiary/aromatic N) is 1. The van der Waals surface area contributed by atoms with Crippen molar-refractivity contribution in [1.29, 1.82) is 0 Å². The highest BCUT2D eigenvalue weighted by Crippen LogP contribution is 2.36. The molecule has 0 saturated heterocycles. The third-order valence-corrected chi connectivity index (χ3v) is 3.16. The van der Waals surface area contributed by atoms with E-state index in [2.05, 4.69) is 0 Å². The zero-order chi connectivity index (χ0) is 12.5. The summed E-state index contributed by atoms with van der Waals surface area (Å²) in [6, 6.07) is 19.7. The molecule has 0 aromatic heterocycles. The van der Waals surface area contributed by atoms with Crippen molar-refractivity contribution in [2.24, 2.45) is 0 Å². The Kier molecular flexibility index (Phi) is 2.49. The summed E-state index contributed by atoms with van der Waals surface area (Å²) >= 11 is 0. The number of benzene rings is 2. The molecule has 0 aliphatic carbocycles. The maximum absolute atomic E-state index is 11.9. The van der Waals surface area contributed by atoms with Crippen LogP contribution in [0, 0.1) is 0 Å². The van der Waals surface area contributed by atoms with E-state index < -0.39 is 0 Å². The summed E-state index contributed by atoms with van der Waals surface area (Å²) < 4.78 is 0. The van der Waals surface area contributed by atoms with Gasteiger partial charge in [-0.05, 0) is 17.7 Å². The van der Waals surface area contributed by atoms with Gasteiger partial charge in [-0.15, -0.1) is 0 Å². The van der Waals surface area contributed by atoms with Gasteiger partial charge in [0.2, 0.25) is 5.43 Å². The zero-order valence-corrected chi connectivity index (χ0v) is 10.1. The van der Waals surface area contributed by atoms with Gasteiger partial charge in [-0.25, -0.2) is 0 Å². The van der Waals surface area contributed by atoms with Gasteiger partial charge in [0.25, 0.3) is 0 Å². The van der Waals surface area contributed by atoms with Gasteiger partial charge in [0, 0.05) is 12.7 Å². The maximum atomic E-state index is 11.9. The summed E-state index contributed by atoms with van der Waals surface area (Å²) in [5.74, 6) is 0. The quantitative estimate of drug-likeness (QED) is 0.693. The van der Waals surface area contributed by atoms with Crippen LogP contribution in [0.1, 0.15) is 0 Å². The number of rotatable bonds is 3. The summed E-state index contributed by atoms with van der Waals surface area (Å²) in [7, 11) is 1.93. The van der Waals surface area contributed by atoms with Crippen molar-refractivity contribution >= 4 is 11.4 Å². The molecule has 0 radical (unpaired) electrons. The monoisotopic (exact) mass is 235 g/mol. The van der Waals surface area contributed by atoms with Gasteiger partial charge in [0.05, 0.1) is 5.56 Å². The molecule has 0 fully saturated rings. The average Bonchev–Trinajstić information content (AvgIpc) is 3.11. The van der Waals surface area contributed by atoms with Gasteiger partial charge >= 0.3 is 0 Å². The fourth-order valence-corrected chi connectivity index (χ4v) is 2.13. The Balaban J connectivity index is 1.95. The molecular formula is C16H13NO. The van der Waals surface area contributed by atoms with Crippen LogP contribution in [0.4, 0.5) is 11.4 Å². The molecule has 0 spiro atoms. The molecule has 0 amide bonds. The van der Waals surface area contributed by atoms with Gasteiger partial charge in [0.1, 0.15) is 5.69 Å². The topological polar surface area (TPSA) is 20.3 Å². The highest BCUT2D eigenvalue weighted by molar-refractivity contribution is 5.92. The first-order valence-corrected chi connectivity index (χ1v) is 5.92. The zero-order valence-electron chi connectivity index (χ0n) is 10.1. The minimum atomic E-state index is 0.146. The van der Waals surface area contributed by atoms with E-state index in [1.165, 1.54) is 0 Å². The van der Waals surface area contributed by atoms with Crippen LogP contribution in [0.3, 0.4) is 0 Å². The molecule has 0 bridgehead atoms. The van der Waals surface area contributed by atoms with E-state index in [0.717, 1.165) is 22.5 Å². The van der Waals surface area contributed by atoms with E-state index in [0.29, 0.717) is 0 Å². The molecule has 3 aromatic carbocycles. The van der Waals surface area contributed by atoms with E-state index in [-0.39, 0.29) is 5.43 Å². The Hall–Kier alpha value is -2.35. The average molecular weight is 235 g/mol. The third kappa shape index (κ3) is 1.72. The lowest BCUT2D eigenvalue weighted by Gasteiger charge is -2.13. The Morgan fingerprint density at radius 1 is 0.833 bits per heavy atom. The standard InChI is InChI=1S/C16H13NO/c1-17(13-10-6-3-7-11-13)15-14(16(15)18)12-8-4-2-5-9-12/h2-11H,1H3. The Bertz CT molecular complexity index is 664. The molecule has 3 rings (SSSR count). The fraction of sp³-hybridized carbons (Fsp3) is 0.0625. The van der Waals surface area contributed by atoms with E-state index in [9.17, 15) is 4.79 Å². The molecule has 0 N–H and O–H groups in total. The lowest BCUT2D eigenvalue weighted by atomic mass is 10.2. The van der Waals surface area contributed by atoms with Crippen molar-refractivity contribution in [2.75, 3.05) is 11.9 Å². The maximum Gasteiger partial charge on any atom is 0.213 e. The van der Waals surface area contributed by atoms with Crippen LogP contribution in [0.2, 0.25) is 0 Å². The predicted octanol–water partition coefficient (Wildman–Crippen LogP) is 3.36. The Morgan fingerprint density at radius 3 is 2.00 bits per heavy atom. The molecule has 3 aromatic rings. The molecule has 2 heteroatoms. The number of para-hydroxylation sites is 1. The number of hydrogen-bond donors (Lipinski definition) is 0. The highest BCUT2D eigenvalue weighted by atomic mass is 16.1. The third-order valence-electron chi connectivity index (χ3n) is 3.16. The molecule has 0 unspecified atom stereocenters. The van der Waals surface area contributed by atoms with Gasteiger partial charge in [-0.1, -0.05) is 48.5 Å². The fourth-order valence-electron chi connectivity index (χ4n) is 2.13. The van der Waals surface area contributed by atoms with Crippen molar-refractivity contribution in [3.8, 4) is 11.1 Å². The summed E-state index contributed by atoms with van der Waals surface area (Å²) in [5.41, 5.74) is 3.81. The van der Waals surface area contributed by atoms with E-state index in [1.54, 1.807) is 0 Å². The van der Waals surface area contributed by atoms with Gasteiger partial charge in [-0.3, -0.25) is 4.79 Å². The van der Waals surface area contributed by atoms with Crippen LogP contribution in [0.15, 0.2) is 65.5 Å². The van der Waals surface area contributed by atoms with Crippen LogP contribution in [-0.4, -0.2) is 7.05 Å². The molecule has 2 nitrogen and oxygen atoms in total. The summed E-state index contributed by atoms with van der Waals surface area (Å²) in [6.07, 6.45) is 0. The Labute approximate surface area is 106 Å². The van der Waals surface area contributed by atoms with Gasteiger partial charge in [0.15, 0.2) is 0 Å². The van der Waals surface area contributed by atoms with Crippen molar-refractivity contribution in [3.63, 3.8) is 0 Å². The van der Waals surface area contributed by atoms with E-state index in [1.807, 2.05) is 72.6 Å². The number of hydrogen-bond acceptors (Lipinski definition) is 2. The lowest BCUT2D eigenvalue weighted by molar-refractivity contribution is 1.24. The second-order valence-electron chi connectivity index (χ2n) is 4.31. The lowest BCUT2D eigenvalue weighted by Crippen LogP contribution is -2.07.